The number of sulfonamides is 3. The van der Waals surface area contributed by atoms with E-state index in [9.17, 15) is 35.2 Å². The average molecular weight is 696 g/mol. The van der Waals surface area contributed by atoms with E-state index in [0.717, 1.165) is 12.3 Å². The Labute approximate surface area is 269 Å². The van der Waals surface area contributed by atoms with Crippen molar-refractivity contribution in [2.24, 2.45) is 10.3 Å². The molecule has 14 nitrogen and oxygen atoms in total. The summed E-state index contributed by atoms with van der Waals surface area (Å²) in [6.45, 7) is 6.19. The zero-order valence-electron chi connectivity index (χ0n) is 25.6. The molecule has 0 saturated carbocycles. The second-order valence-electron chi connectivity index (χ2n) is 11.9. The number of rotatable bonds is 11. The van der Waals surface area contributed by atoms with Crippen LogP contribution >= 0.6 is 0 Å². The highest BCUT2D eigenvalue weighted by Gasteiger charge is 2.51. The molecule has 0 amide bonds. The third-order valence-corrected chi connectivity index (χ3v) is 11.3. The lowest BCUT2D eigenvalue weighted by molar-refractivity contribution is -0.121. The molecule has 4 N–H and O–H groups in total. The van der Waals surface area contributed by atoms with Gasteiger partial charge < -0.3 is 15.2 Å². The van der Waals surface area contributed by atoms with Crippen molar-refractivity contribution < 1.29 is 39.9 Å². The number of Topliss-reactive ketones (excluding diaryl/α,β-unsaturated/α-hetero) is 1. The minimum atomic E-state index is -4.52. The number of aliphatic hydroxyl groups is 1. The Kier molecular flexibility index (Phi) is 9.38. The minimum Gasteiger partial charge on any atom is -0.506 e. The maximum atomic E-state index is 14.7. The van der Waals surface area contributed by atoms with Gasteiger partial charge in [-0.25, -0.2) is 16.8 Å². The summed E-state index contributed by atoms with van der Waals surface area (Å²) in [6, 6.07) is 10.1. The number of nitrogens with one attached hydrogen (secondary N) is 3. The number of benzene rings is 2. The first-order valence-corrected chi connectivity index (χ1v) is 19.6. The molecule has 5 rings (SSSR count). The molecule has 0 spiro atoms. The van der Waals surface area contributed by atoms with Gasteiger partial charge in [0.15, 0.2) is 11.6 Å². The Bertz CT molecular complexity index is 1940. The number of carbonyl (C=O) groups is 1. The molecular formula is C29H37N5O9S3. The molecule has 1 unspecified atom stereocenters. The summed E-state index contributed by atoms with van der Waals surface area (Å²) in [5.41, 5.74) is -2.02. The van der Waals surface area contributed by atoms with Crippen LogP contribution in [0.15, 0.2) is 57.3 Å². The van der Waals surface area contributed by atoms with Crippen LogP contribution in [0.1, 0.15) is 37.8 Å². The minimum absolute atomic E-state index is 0.0186. The largest absolute Gasteiger partial charge is 0.506 e. The molecule has 2 aromatic carbocycles. The first-order chi connectivity index (χ1) is 21.5. The molecule has 1 fully saturated rings. The number of aliphatic hydroxyl groups excluding tert-OH is 1. The smallest absolute Gasteiger partial charge is 0.286 e. The molecule has 2 aromatic rings. The van der Waals surface area contributed by atoms with Crippen LogP contribution in [-0.4, -0.2) is 91.7 Å². The van der Waals surface area contributed by atoms with Crippen LogP contribution in [-0.2, 0) is 45.1 Å². The number of ether oxygens (including phenoxy) is 1. The summed E-state index contributed by atoms with van der Waals surface area (Å²) in [7, 11) is -12.4. The van der Waals surface area contributed by atoms with Gasteiger partial charge in [0.25, 0.3) is 10.0 Å². The highest BCUT2D eigenvalue weighted by Crippen LogP contribution is 2.43. The third kappa shape index (κ3) is 7.13. The Morgan fingerprint density at radius 3 is 2.48 bits per heavy atom. The van der Waals surface area contributed by atoms with Gasteiger partial charge in [-0.15, -0.1) is 4.40 Å². The highest BCUT2D eigenvalue weighted by molar-refractivity contribution is 7.92. The van der Waals surface area contributed by atoms with E-state index in [1.807, 2.05) is 18.7 Å². The first kappa shape index (κ1) is 34.0. The van der Waals surface area contributed by atoms with Gasteiger partial charge in [-0.2, -0.15) is 13.1 Å². The number of anilines is 2. The summed E-state index contributed by atoms with van der Waals surface area (Å²) >= 11 is 0. The molecule has 1 aliphatic carbocycles. The van der Waals surface area contributed by atoms with E-state index in [1.54, 1.807) is 18.2 Å². The number of nitrogens with zero attached hydrogens (tertiary/aromatic N) is 2. The van der Waals surface area contributed by atoms with Crippen LogP contribution < -0.4 is 14.8 Å². The molecular weight excluding hydrogens is 659 g/mol. The van der Waals surface area contributed by atoms with Crippen LogP contribution in [0.2, 0.25) is 0 Å². The molecule has 2 aliphatic heterocycles. The van der Waals surface area contributed by atoms with Gasteiger partial charge >= 0.3 is 0 Å². The Morgan fingerprint density at radius 2 is 1.80 bits per heavy atom. The molecule has 250 valence electrons. The van der Waals surface area contributed by atoms with Crippen molar-refractivity contribution in [1.29, 1.82) is 0 Å². The highest BCUT2D eigenvalue weighted by atomic mass is 32.2. The summed E-state index contributed by atoms with van der Waals surface area (Å²) in [6.07, 6.45) is 1.35. The monoisotopic (exact) mass is 695 g/mol. The fraction of sp³-hybridized carbons (Fsp3) is 0.448. The van der Waals surface area contributed by atoms with Crippen molar-refractivity contribution in [3.8, 4) is 0 Å². The van der Waals surface area contributed by atoms with Gasteiger partial charge in [-0.3, -0.25) is 14.4 Å². The van der Waals surface area contributed by atoms with Crippen molar-refractivity contribution >= 4 is 58.8 Å². The normalized spacial score (nSPS) is 21.7. The number of ketones is 1. The number of morpholine rings is 1. The number of hydrogen-bond donors (Lipinski definition) is 4. The molecule has 1 atom stereocenters. The summed E-state index contributed by atoms with van der Waals surface area (Å²) in [5.74, 6) is -2.16. The molecule has 0 bridgehead atoms. The van der Waals surface area contributed by atoms with Gasteiger partial charge in [0.2, 0.25) is 20.0 Å². The Balaban J connectivity index is 1.59. The van der Waals surface area contributed by atoms with E-state index in [4.69, 9.17) is 4.74 Å². The molecule has 0 aromatic heterocycles. The fourth-order valence-electron chi connectivity index (χ4n) is 5.70. The van der Waals surface area contributed by atoms with Crippen molar-refractivity contribution in [2.75, 3.05) is 54.9 Å². The number of amidine groups is 1. The molecule has 1 saturated heterocycles. The van der Waals surface area contributed by atoms with E-state index in [2.05, 4.69) is 19.2 Å². The Hall–Kier alpha value is -3.35. The number of hydrogen-bond acceptors (Lipinski definition) is 11. The molecule has 2 heterocycles. The second-order valence-corrected chi connectivity index (χ2v) is 17.1. The van der Waals surface area contributed by atoms with Crippen LogP contribution in [0.25, 0.3) is 5.76 Å². The van der Waals surface area contributed by atoms with Gasteiger partial charge in [-0.1, -0.05) is 38.1 Å². The lowest BCUT2D eigenvalue weighted by Gasteiger charge is -2.40. The maximum Gasteiger partial charge on any atom is 0.286 e. The SMILES string of the molecule is CC(C)CCC1(NS(=O)(=O)CCN2CCOCC2)C(=O)C(C2=NS(=O)(=O)c3cc(NS(C)(=O)=O)ccc3N2)=C(O)c2ccccc21. The molecule has 46 heavy (non-hydrogen) atoms. The molecule has 0 radical (unpaired) electrons. The summed E-state index contributed by atoms with van der Waals surface area (Å²) in [4.78, 5) is 16.3. The molecule has 17 heteroatoms. The van der Waals surface area contributed by atoms with Crippen molar-refractivity contribution in [3.63, 3.8) is 0 Å². The van der Waals surface area contributed by atoms with Crippen LogP contribution in [0.3, 0.4) is 0 Å². The Morgan fingerprint density at radius 1 is 1.11 bits per heavy atom. The van der Waals surface area contributed by atoms with Crippen molar-refractivity contribution in [1.82, 2.24) is 9.62 Å². The number of carbonyl (C=O) groups excluding carboxylic acids is 1. The molecule has 3 aliphatic rings. The third-order valence-electron chi connectivity index (χ3n) is 7.96. The second kappa shape index (κ2) is 12.7. The first-order valence-electron chi connectivity index (χ1n) is 14.7. The zero-order chi connectivity index (χ0) is 33.5. The predicted molar refractivity (Wildman–Crippen MR) is 174 cm³/mol. The van der Waals surface area contributed by atoms with Gasteiger partial charge in [0, 0.05) is 30.9 Å². The maximum absolute atomic E-state index is 14.7. The summed E-state index contributed by atoms with van der Waals surface area (Å²) in [5, 5.41) is 14.3. The zero-order valence-corrected chi connectivity index (χ0v) is 28.1. The van der Waals surface area contributed by atoms with Crippen LogP contribution in [0, 0.1) is 5.92 Å². The van der Waals surface area contributed by atoms with Gasteiger partial charge in [-0.05, 0) is 42.5 Å². The van der Waals surface area contributed by atoms with E-state index in [0.29, 0.717) is 32.7 Å². The van der Waals surface area contributed by atoms with Gasteiger partial charge in [0.05, 0.1) is 30.9 Å². The standard InChI is InChI=1S/C29H37N5O9S3/c1-19(2)10-11-29(33-45(39,40)17-14-34-12-15-43-16-13-34)22-7-5-4-6-21(22)26(35)25(27(29)36)28-30-23-9-8-20(31-44(3,37)38)18-24(23)46(41,42)32-28/h4-9,18-19,31,33,35H,10-17H2,1-3H3,(H,30,32). The lowest BCUT2D eigenvalue weighted by atomic mass is 9.72. The topological polar surface area (TPSA) is 201 Å². The lowest BCUT2D eigenvalue weighted by Crippen LogP contribution is -2.56. The van der Waals surface area contributed by atoms with E-state index < -0.39 is 58.6 Å². The van der Waals surface area contributed by atoms with Crippen LogP contribution in [0.5, 0.6) is 0 Å². The van der Waals surface area contributed by atoms with E-state index >= 15 is 0 Å². The summed E-state index contributed by atoms with van der Waals surface area (Å²) < 4.78 is 91.7. The van der Waals surface area contributed by atoms with E-state index in [-0.39, 0.29) is 52.0 Å². The van der Waals surface area contributed by atoms with Crippen molar-refractivity contribution in [3.05, 3.63) is 59.2 Å². The quantitative estimate of drug-likeness (QED) is 0.268. The van der Waals surface area contributed by atoms with Gasteiger partial charge in [0.1, 0.15) is 21.8 Å². The van der Waals surface area contributed by atoms with E-state index in [1.165, 1.54) is 18.2 Å². The number of fused-ring (bicyclic) bond motifs is 2. The average Bonchev–Trinajstić information content (AvgIpc) is 2.97. The fourth-order valence-corrected chi connectivity index (χ4v) is 8.84. The van der Waals surface area contributed by atoms with Crippen molar-refractivity contribution in [2.45, 2.75) is 37.1 Å². The van der Waals surface area contributed by atoms with Crippen LogP contribution in [0.4, 0.5) is 11.4 Å². The predicted octanol–water partition coefficient (Wildman–Crippen LogP) is 2.01.